The number of carbonyl (C=O) groups is 3. The van der Waals surface area contributed by atoms with E-state index in [1.165, 1.54) is 17.2 Å². The molecule has 0 aliphatic carbocycles. The number of aromatic nitrogens is 4. The molecular formula is C22H24N6O6. The number of alkyl carbamates (subject to hydrolysis) is 1. The molecule has 12 heteroatoms. The molecule has 1 amide bonds. The van der Waals surface area contributed by atoms with Crippen molar-refractivity contribution in [2.75, 3.05) is 18.0 Å². The van der Waals surface area contributed by atoms with Gasteiger partial charge < -0.3 is 29.7 Å². The van der Waals surface area contributed by atoms with Crippen molar-refractivity contribution in [2.24, 2.45) is 5.92 Å². The Morgan fingerprint density at radius 3 is 2.50 bits per heavy atom. The minimum atomic E-state index is -1.27. The second-order valence-corrected chi connectivity index (χ2v) is 7.96. The number of nitrogens with zero attached hydrogens (tertiary/aromatic N) is 5. The largest absolute Gasteiger partial charge is 0.481 e. The van der Waals surface area contributed by atoms with Gasteiger partial charge in [0, 0.05) is 13.1 Å². The number of anilines is 1. The molecule has 0 spiro atoms. The second-order valence-electron chi connectivity index (χ2n) is 7.96. The summed E-state index contributed by atoms with van der Waals surface area (Å²) < 4.78 is 6.66. The number of hydrogen-bond donors (Lipinski definition) is 3. The fourth-order valence-corrected chi connectivity index (χ4v) is 3.86. The van der Waals surface area contributed by atoms with Gasteiger partial charge in [0.05, 0.1) is 18.8 Å². The number of carboxylic acids is 2. The summed E-state index contributed by atoms with van der Waals surface area (Å²) in [5.41, 5.74) is 1.67. The second kappa shape index (κ2) is 10.1. The van der Waals surface area contributed by atoms with Crippen LogP contribution < -0.4 is 10.2 Å². The van der Waals surface area contributed by atoms with Gasteiger partial charge in [-0.15, -0.1) is 0 Å². The Balaban J connectivity index is 1.44. The first-order valence-electron chi connectivity index (χ1n) is 10.8. The van der Waals surface area contributed by atoms with E-state index in [1.54, 1.807) is 12.1 Å². The van der Waals surface area contributed by atoms with E-state index in [2.05, 4.69) is 20.3 Å². The number of carbonyl (C=O) groups excluding carboxylic acids is 1. The lowest BCUT2D eigenvalue weighted by molar-refractivity contribution is -0.142. The van der Waals surface area contributed by atoms with Crippen molar-refractivity contribution in [3.63, 3.8) is 0 Å². The number of carboxylic acid groups (broad SMARTS) is 2. The molecule has 1 aromatic carbocycles. The zero-order valence-corrected chi connectivity index (χ0v) is 18.2. The topological polar surface area (TPSA) is 160 Å². The summed E-state index contributed by atoms with van der Waals surface area (Å²) in [6.07, 6.45) is 2.95. The maximum Gasteiger partial charge on any atom is 0.408 e. The van der Waals surface area contributed by atoms with Gasteiger partial charge in [-0.1, -0.05) is 30.3 Å². The summed E-state index contributed by atoms with van der Waals surface area (Å²) in [5, 5.41) is 21.2. The first kappa shape index (κ1) is 23.0. The zero-order valence-electron chi connectivity index (χ0n) is 18.2. The number of fused-ring (bicyclic) bond motifs is 1. The number of amides is 1. The summed E-state index contributed by atoms with van der Waals surface area (Å²) in [6, 6.07) is 7.77. The molecule has 0 bridgehead atoms. The Hall–Kier alpha value is -4.22. The molecule has 1 atom stereocenters. The number of nitrogens with one attached hydrogen (secondary N) is 1. The van der Waals surface area contributed by atoms with Crippen LogP contribution in [0.1, 0.15) is 18.4 Å². The minimum Gasteiger partial charge on any atom is -0.481 e. The van der Waals surface area contributed by atoms with Crippen LogP contribution in [0.3, 0.4) is 0 Å². The third kappa shape index (κ3) is 5.22. The van der Waals surface area contributed by atoms with Crippen LogP contribution in [0.25, 0.3) is 11.2 Å². The highest BCUT2D eigenvalue weighted by Crippen LogP contribution is 2.26. The molecule has 1 aliphatic heterocycles. The zero-order chi connectivity index (χ0) is 24.1. The van der Waals surface area contributed by atoms with Gasteiger partial charge >= 0.3 is 18.0 Å². The van der Waals surface area contributed by atoms with Crippen molar-refractivity contribution in [3.8, 4) is 0 Å². The van der Waals surface area contributed by atoms with Gasteiger partial charge in [0.2, 0.25) is 0 Å². The smallest absolute Gasteiger partial charge is 0.408 e. The predicted octanol–water partition coefficient (Wildman–Crippen LogP) is 1.51. The van der Waals surface area contributed by atoms with Crippen LogP contribution in [0, 0.1) is 5.92 Å². The molecule has 2 aromatic heterocycles. The van der Waals surface area contributed by atoms with Gasteiger partial charge in [0.25, 0.3) is 0 Å². The number of ether oxygens (including phenoxy) is 1. The monoisotopic (exact) mass is 468 g/mol. The number of benzene rings is 1. The molecule has 3 aromatic rings. The van der Waals surface area contributed by atoms with E-state index >= 15 is 0 Å². The Labute approximate surface area is 194 Å². The molecule has 4 rings (SSSR count). The third-order valence-corrected chi connectivity index (χ3v) is 5.71. The lowest BCUT2D eigenvalue weighted by Gasteiger charge is -2.30. The molecule has 12 nitrogen and oxygen atoms in total. The molecule has 34 heavy (non-hydrogen) atoms. The first-order valence-corrected chi connectivity index (χ1v) is 10.8. The van der Waals surface area contributed by atoms with E-state index in [9.17, 15) is 24.6 Å². The van der Waals surface area contributed by atoms with Gasteiger partial charge in [0.1, 0.15) is 19.0 Å². The van der Waals surface area contributed by atoms with Crippen molar-refractivity contribution in [3.05, 3.63) is 48.5 Å². The Morgan fingerprint density at radius 2 is 1.82 bits per heavy atom. The van der Waals surface area contributed by atoms with Crippen molar-refractivity contribution in [2.45, 2.75) is 32.0 Å². The lowest BCUT2D eigenvalue weighted by atomic mass is 9.97. The lowest BCUT2D eigenvalue weighted by Crippen LogP contribution is -2.43. The van der Waals surface area contributed by atoms with E-state index in [1.807, 2.05) is 23.1 Å². The van der Waals surface area contributed by atoms with Crippen molar-refractivity contribution in [1.29, 1.82) is 0 Å². The molecule has 1 fully saturated rings. The molecule has 1 saturated heterocycles. The average molecular weight is 468 g/mol. The highest BCUT2D eigenvalue weighted by Gasteiger charge is 2.28. The molecule has 178 valence electrons. The van der Waals surface area contributed by atoms with Crippen LogP contribution in [0.5, 0.6) is 0 Å². The molecular weight excluding hydrogens is 444 g/mol. The van der Waals surface area contributed by atoms with Gasteiger partial charge in [-0.2, -0.15) is 0 Å². The fourth-order valence-electron chi connectivity index (χ4n) is 3.86. The van der Waals surface area contributed by atoms with Crippen molar-refractivity contribution >= 4 is 35.0 Å². The van der Waals surface area contributed by atoms with E-state index in [4.69, 9.17) is 4.74 Å². The summed E-state index contributed by atoms with van der Waals surface area (Å²) >= 11 is 0. The summed E-state index contributed by atoms with van der Waals surface area (Å²) in [5.74, 6) is -1.85. The molecule has 0 radical (unpaired) electrons. The molecule has 0 unspecified atom stereocenters. The number of aliphatic carboxylic acids is 2. The fraction of sp³-hybridized carbons (Fsp3) is 0.364. The molecule has 3 N–H and O–H groups in total. The third-order valence-electron chi connectivity index (χ3n) is 5.71. The SMILES string of the molecule is O=C(N[C@@H](Cn1cnc2c(N3CCC(C(=O)O)CC3)ncnc21)C(=O)O)OCc1ccccc1. The summed E-state index contributed by atoms with van der Waals surface area (Å²) in [4.78, 5) is 50.0. The highest BCUT2D eigenvalue weighted by atomic mass is 16.5. The normalized spacial score (nSPS) is 15.1. The van der Waals surface area contributed by atoms with Crippen LogP contribution in [0.15, 0.2) is 43.0 Å². The van der Waals surface area contributed by atoms with E-state index in [0.29, 0.717) is 42.9 Å². The minimum absolute atomic E-state index is 0.0160. The number of rotatable bonds is 8. The van der Waals surface area contributed by atoms with Crippen LogP contribution in [-0.4, -0.2) is 66.9 Å². The predicted molar refractivity (Wildman–Crippen MR) is 119 cm³/mol. The molecule has 1 aliphatic rings. The van der Waals surface area contributed by atoms with Crippen LogP contribution >= 0.6 is 0 Å². The van der Waals surface area contributed by atoms with E-state index in [0.717, 1.165) is 5.56 Å². The van der Waals surface area contributed by atoms with Crippen LogP contribution in [-0.2, 0) is 27.5 Å². The molecule has 3 heterocycles. The highest BCUT2D eigenvalue weighted by molar-refractivity contribution is 5.84. The van der Waals surface area contributed by atoms with Crippen molar-refractivity contribution < 1.29 is 29.3 Å². The first-order chi connectivity index (χ1) is 16.4. The Bertz CT molecular complexity index is 1180. The number of hydrogen-bond acceptors (Lipinski definition) is 8. The van der Waals surface area contributed by atoms with Gasteiger partial charge in [0.15, 0.2) is 17.0 Å². The van der Waals surface area contributed by atoms with Crippen molar-refractivity contribution in [1.82, 2.24) is 24.8 Å². The van der Waals surface area contributed by atoms with Crippen LogP contribution in [0.4, 0.5) is 10.6 Å². The maximum atomic E-state index is 12.2. The van der Waals surface area contributed by atoms with Gasteiger partial charge in [-0.05, 0) is 18.4 Å². The van der Waals surface area contributed by atoms with E-state index < -0.39 is 24.1 Å². The van der Waals surface area contributed by atoms with Gasteiger partial charge in [-0.25, -0.2) is 24.5 Å². The quantitative estimate of drug-likeness (QED) is 0.442. The standard InChI is InChI=1S/C22H24N6O6/c29-20(30)15-6-8-27(9-7-15)18-17-19(24-12-23-18)28(13-25-17)10-16(21(31)32)26-22(33)34-11-14-4-2-1-3-5-14/h1-5,12-13,15-16H,6-11H2,(H,26,33)(H,29,30)(H,31,32)/t16-/m0/s1. The average Bonchev–Trinajstić information content (AvgIpc) is 3.26. The van der Waals surface area contributed by atoms with Gasteiger partial charge in [-0.3, -0.25) is 4.79 Å². The maximum absolute atomic E-state index is 12.2. The summed E-state index contributed by atoms with van der Waals surface area (Å²) in [6.45, 7) is 0.928. The Morgan fingerprint density at radius 1 is 1.09 bits per heavy atom. The Kier molecular flexibility index (Phi) is 6.85. The summed E-state index contributed by atoms with van der Waals surface area (Å²) in [7, 11) is 0. The number of piperidine rings is 1. The van der Waals surface area contributed by atoms with Crippen LogP contribution in [0.2, 0.25) is 0 Å². The number of imidazole rings is 1. The van der Waals surface area contributed by atoms with E-state index in [-0.39, 0.29) is 19.1 Å². The molecule has 0 saturated carbocycles.